The summed E-state index contributed by atoms with van der Waals surface area (Å²) in [4.78, 5) is 34.3. The Morgan fingerprint density at radius 1 is 1.29 bits per heavy atom. The maximum absolute atomic E-state index is 11.6. The summed E-state index contributed by atoms with van der Waals surface area (Å²) in [5.74, 6) is -2.33. The van der Waals surface area contributed by atoms with Crippen molar-refractivity contribution >= 4 is 17.8 Å². The minimum Gasteiger partial charge on any atom is -0.480 e. The van der Waals surface area contributed by atoms with E-state index >= 15 is 0 Å². The first kappa shape index (κ1) is 19.4. The second-order valence-corrected chi connectivity index (χ2v) is 6.12. The maximum Gasteiger partial charge on any atom is 0.326 e. The van der Waals surface area contributed by atoms with E-state index in [4.69, 9.17) is 15.6 Å². The highest BCUT2D eigenvalue weighted by atomic mass is 16.6. The van der Waals surface area contributed by atoms with Crippen LogP contribution in [-0.2, 0) is 19.1 Å². The molecule has 0 aromatic rings. The number of esters is 1. The fourth-order valence-corrected chi connectivity index (χ4v) is 1.60. The second kappa shape index (κ2) is 8.61. The summed E-state index contributed by atoms with van der Waals surface area (Å²) in [6, 6.07) is -1.28. The van der Waals surface area contributed by atoms with Gasteiger partial charge in [0.05, 0.1) is 6.42 Å². The molecule has 0 radical (unpaired) electrons. The van der Waals surface area contributed by atoms with Crippen LogP contribution in [0.25, 0.3) is 0 Å². The lowest BCUT2D eigenvalue weighted by molar-refractivity contribution is -0.158. The van der Waals surface area contributed by atoms with Crippen LogP contribution in [0.5, 0.6) is 0 Å². The van der Waals surface area contributed by atoms with Crippen LogP contribution in [0.15, 0.2) is 0 Å². The van der Waals surface area contributed by atoms with E-state index in [0.717, 1.165) is 0 Å². The predicted octanol–water partition coefficient (Wildman–Crippen LogP) is 0.805. The summed E-state index contributed by atoms with van der Waals surface area (Å²) in [6.07, 6.45) is 1.03. The largest absolute Gasteiger partial charge is 0.480 e. The highest BCUT2D eigenvalue weighted by Gasteiger charge is 2.26. The minimum atomic E-state index is -1.28. The van der Waals surface area contributed by atoms with Crippen LogP contribution in [0.4, 0.5) is 0 Å². The molecule has 122 valence electrons. The summed E-state index contributed by atoms with van der Waals surface area (Å²) in [6.45, 7) is 6.90. The predicted molar refractivity (Wildman–Crippen MR) is 77.5 cm³/mol. The third-order valence-electron chi connectivity index (χ3n) is 2.49. The van der Waals surface area contributed by atoms with Gasteiger partial charge in [-0.3, -0.25) is 9.59 Å². The van der Waals surface area contributed by atoms with E-state index in [9.17, 15) is 14.4 Å². The van der Waals surface area contributed by atoms with E-state index in [-0.39, 0.29) is 12.5 Å². The Balaban J connectivity index is 4.34. The van der Waals surface area contributed by atoms with Crippen molar-refractivity contribution in [3.05, 3.63) is 0 Å². The average molecular weight is 302 g/mol. The number of carboxylic acid groups (broad SMARTS) is 1. The number of hydrogen-bond donors (Lipinski definition) is 3. The maximum atomic E-state index is 11.6. The van der Waals surface area contributed by atoms with Crippen molar-refractivity contribution in [1.82, 2.24) is 5.32 Å². The lowest BCUT2D eigenvalue weighted by atomic mass is 10.1. The summed E-state index contributed by atoms with van der Waals surface area (Å²) < 4.78 is 5.04. The Bertz CT molecular complexity index is 374. The van der Waals surface area contributed by atoms with Gasteiger partial charge in [0.15, 0.2) is 0 Å². The molecule has 2 atom stereocenters. The highest BCUT2D eigenvalue weighted by Crippen LogP contribution is 2.09. The van der Waals surface area contributed by atoms with Crippen LogP contribution in [0.3, 0.4) is 0 Å². The van der Waals surface area contributed by atoms with Gasteiger partial charge >= 0.3 is 11.9 Å². The average Bonchev–Trinajstić information content (AvgIpc) is 2.24. The molecule has 4 N–H and O–H groups in total. The zero-order valence-electron chi connectivity index (χ0n) is 13.1. The number of hydrogen-bond acceptors (Lipinski definition) is 5. The third-order valence-corrected chi connectivity index (χ3v) is 2.49. The molecule has 0 aromatic carbocycles. The molecule has 1 unspecified atom stereocenters. The molecule has 0 fully saturated rings. The summed E-state index contributed by atoms with van der Waals surface area (Å²) in [5, 5.41) is 11.4. The van der Waals surface area contributed by atoms with Gasteiger partial charge in [0, 0.05) is 12.5 Å². The third kappa shape index (κ3) is 10.8. The first-order valence-electron chi connectivity index (χ1n) is 7.01. The van der Waals surface area contributed by atoms with E-state index in [2.05, 4.69) is 5.32 Å². The Morgan fingerprint density at radius 2 is 1.86 bits per heavy atom. The van der Waals surface area contributed by atoms with Crippen molar-refractivity contribution in [3.63, 3.8) is 0 Å². The minimum absolute atomic E-state index is 0.00478. The van der Waals surface area contributed by atoms with Gasteiger partial charge in [-0.15, -0.1) is 0 Å². The number of nitrogens with one attached hydrogen (secondary N) is 1. The summed E-state index contributed by atoms with van der Waals surface area (Å²) in [5.41, 5.74) is 4.87. The van der Waals surface area contributed by atoms with Gasteiger partial charge in [-0.05, 0) is 40.5 Å². The van der Waals surface area contributed by atoms with Gasteiger partial charge in [0.2, 0.25) is 5.91 Å². The van der Waals surface area contributed by atoms with Crippen LogP contribution in [-0.4, -0.2) is 40.6 Å². The molecular weight excluding hydrogens is 276 g/mol. The number of carbonyl (C=O) groups is 3. The molecule has 0 aliphatic carbocycles. The van der Waals surface area contributed by atoms with E-state index < -0.39 is 35.9 Å². The second-order valence-electron chi connectivity index (χ2n) is 6.12. The fourth-order valence-electron chi connectivity index (χ4n) is 1.60. The molecule has 0 saturated carbocycles. The molecule has 7 heteroatoms. The van der Waals surface area contributed by atoms with Gasteiger partial charge in [0.1, 0.15) is 11.6 Å². The SMILES string of the molecule is CC(N)CCCC(=O)N[C@@H](CC(=O)OC(C)(C)C)C(=O)O. The van der Waals surface area contributed by atoms with Crippen molar-refractivity contribution in [2.45, 2.75) is 71.1 Å². The monoisotopic (exact) mass is 302 g/mol. The number of amides is 1. The molecule has 0 spiro atoms. The van der Waals surface area contributed by atoms with Crippen LogP contribution in [0, 0.1) is 0 Å². The highest BCUT2D eigenvalue weighted by molar-refractivity contribution is 5.87. The first-order valence-corrected chi connectivity index (χ1v) is 7.01. The van der Waals surface area contributed by atoms with E-state index in [1.54, 1.807) is 20.8 Å². The normalized spacial score (nSPS) is 14.1. The number of carbonyl (C=O) groups excluding carboxylic acids is 2. The molecule has 0 bridgehead atoms. The quantitative estimate of drug-likeness (QED) is 0.571. The molecule has 0 rings (SSSR count). The molecule has 0 aliphatic rings. The van der Waals surface area contributed by atoms with Gasteiger partial charge in [-0.2, -0.15) is 0 Å². The fraction of sp³-hybridized carbons (Fsp3) is 0.786. The van der Waals surface area contributed by atoms with Gasteiger partial charge in [-0.25, -0.2) is 4.79 Å². The zero-order valence-corrected chi connectivity index (χ0v) is 13.1. The topological polar surface area (TPSA) is 119 Å². The number of nitrogens with two attached hydrogens (primary N) is 1. The zero-order chi connectivity index (χ0) is 16.6. The molecule has 0 aromatic heterocycles. The molecular formula is C14H26N2O5. The number of carboxylic acids is 1. The number of rotatable bonds is 8. The molecule has 0 heterocycles. The Labute approximate surface area is 125 Å². The molecule has 7 nitrogen and oxygen atoms in total. The van der Waals surface area contributed by atoms with Crippen molar-refractivity contribution in [3.8, 4) is 0 Å². The Morgan fingerprint density at radius 3 is 2.29 bits per heavy atom. The standard InChI is InChI=1S/C14H26N2O5/c1-9(15)6-5-7-11(17)16-10(13(19)20)8-12(18)21-14(2,3)4/h9-10H,5-8,15H2,1-4H3,(H,16,17)(H,19,20)/t9?,10-/m0/s1. The lowest BCUT2D eigenvalue weighted by Crippen LogP contribution is -2.43. The summed E-state index contributed by atoms with van der Waals surface area (Å²) >= 11 is 0. The van der Waals surface area contributed by atoms with Gasteiger partial charge in [0.25, 0.3) is 0 Å². The van der Waals surface area contributed by atoms with Crippen molar-refractivity contribution in [2.75, 3.05) is 0 Å². The van der Waals surface area contributed by atoms with Crippen LogP contribution >= 0.6 is 0 Å². The van der Waals surface area contributed by atoms with Crippen molar-refractivity contribution < 1.29 is 24.2 Å². The summed E-state index contributed by atoms with van der Waals surface area (Å²) in [7, 11) is 0. The Hall–Kier alpha value is -1.63. The Kier molecular flexibility index (Phi) is 7.94. The number of ether oxygens (including phenoxy) is 1. The molecule has 21 heavy (non-hydrogen) atoms. The first-order chi connectivity index (χ1) is 9.51. The van der Waals surface area contributed by atoms with E-state index in [1.165, 1.54) is 0 Å². The van der Waals surface area contributed by atoms with Crippen LogP contribution in [0.2, 0.25) is 0 Å². The van der Waals surface area contributed by atoms with E-state index in [0.29, 0.717) is 12.8 Å². The van der Waals surface area contributed by atoms with Crippen molar-refractivity contribution in [1.29, 1.82) is 0 Å². The van der Waals surface area contributed by atoms with Gasteiger partial charge in [-0.1, -0.05) is 0 Å². The number of aliphatic carboxylic acids is 1. The van der Waals surface area contributed by atoms with Crippen LogP contribution < -0.4 is 11.1 Å². The van der Waals surface area contributed by atoms with Crippen LogP contribution in [0.1, 0.15) is 53.4 Å². The molecule has 0 aliphatic heterocycles. The van der Waals surface area contributed by atoms with Crippen molar-refractivity contribution in [2.24, 2.45) is 5.73 Å². The smallest absolute Gasteiger partial charge is 0.326 e. The molecule has 0 saturated heterocycles. The van der Waals surface area contributed by atoms with E-state index in [1.807, 2.05) is 6.92 Å². The van der Waals surface area contributed by atoms with Gasteiger partial charge < -0.3 is 20.9 Å². The molecule has 1 amide bonds. The lowest BCUT2D eigenvalue weighted by Gasteiger charge is -2.21.